The van der Waals surface area contributed by atoms with Gasteiger partial charge in [0.25, 0.3) is 0 Å². The molecule has 1 spiro atoms. The van der Waals surface area contributed by atoms with Gasteiger partial charge in [-0.05, 0) is 30.9 Å². The number of amides is 2. The van der Waals surface area contributed by atoms with Crippen molar-refractivity contribution in [3.63, 3.8) is 0 Å². The maximum absolute atomic E-state index is 12.4. The van der Waals surface area contributed by atoms with E-state index in [0.717, 1.165) is 18.4 Å². The van der Waals surface area contributed by atoms with Gasteiger partial charge in [0, 0.05) is 38.0 Å². The van der Waals surface area contributed by atoms with Gasteiger partial charge in [-0.1, -0.05) is 24.3 Å². The van der Waals surface area contributed by atoms with Crippen LogP contribution >= 0.6 is 0 Å². The highest BCUT2D eigenvalue weighted by atomic mass is 16.5. The second-order valence-corrected chi connectivity index (χ2v) is 7.21. The number of urea groups is 1. The second-order valence-electron chi connectivity index (χ2n) is 7.21. The van der Waals surface area contributed by atoms with E-state index < -0.39 is 0 Å². The van der Waals surface area contributed by atoms with Crippen molar-refractivity contribution >= 4 is 6.03 Å². The SMILES string of the molecule is Cc1ccccc1CNC(=O)N1CCC2(CC1)[C@H](O)C[C@@H]2OCCN. The van der Waals surface area contributed by atoms with Crippen LogP contribution in [0, 0.1) is 12.3 Å². The van der Waals surface area contributed by atoms with E-state index in [-0.39, 0.29) is 23.7 Å². The van der Waals surface area contributed by atoms with Crippen LogP contribution in [0.2, 0.25) is 0 Å². The Balaban J connectivity index is 1.50. The van der Waals surface area contributed by atoms with Gasteiger partial charge in [-0.3, -0.25) is 0 Å². The van der Waals surface area contributed by atoms with Crippen molar-refractivity contribution in [3.8, 4) is 0 Å². The quantitative estimate of drug-likeness (QED) is 0.751. The molecule has 1 saturated carbocycles. The average molecular weight is 347 g/mol. The highest BCUT2D eigenvalue weighted by molar-refractivity contribution is 5.74. The molecule has 2 aliphatic rings. The van der Waals surface area contributed by atoms with Crippen molar-refractivity contribution in [1.82, 2.24) is 10.2 Å². The first-order valence-corrected chi connectivity index (χ1v) is 9.14. The predicted molar refractivity (Wildman–Crippen MR) is 96.1 cm³/mol. The fourth-order valence-electron chi connectivity index (χ4n) is 4.04. The summed E-state index contributed by atoms with van der Waals surface area (Å²) in [6, 6.07) is 8.03. The lowest BCUT2D eigenvalue weighted by atomic mass is 9.58. The van der Waals surface area contributed by atoms with E-state index in [9.17, 15) is 9.90 Å². The van der Waals surface area contributed by atoms with E-state index in [1.54, 1.807) is 0 Å². The third-order valence-corrected chi connectivity index (χ3v) is 5.85. The third kappa shape index (κ3) is 3.66. The Morgan fingerprint density at radius 2 is 2.12 bits per heavy atom. The van der Waals surface area contributed by atoms with Crippen molar-refractivity contribution in [2.45, 2.75) is 44.9 Å². The van der Waals surface area contributed by atoms with E-state index in [1.807, 2.05) is 36.1 Å². The third-order valence-electron chi connectivity index (χ3n) is 5.85. The number of nitrogens with one attached hydrogen (secondary N) is 1. The van der Waals surface area contributed by atoms with E-state index in [2.05, 4.69) is 5.32 Å². The Hall–Kier alpha value is -1.63. The van der Waals surface area contributed by atoms with Crippen molar-refractivity contribution in [1.29, 1.82) is 0 Å². The van der Waals surface area contributed by atoms with Crippen LogP contribution in [0.15, 0.2) is 24.3 Å². The molecular weight excluding hydrogens is 318 g/mol. The van der Waals surface area contributed by atoms with Gasteiger partial charge in [0.05, 0.1) is 18.8 Å². The molecule has 2 amide bonds. The molecule has 1 aliphatic carbocycles. The zero-order chi connectivity index (χ0) is 17.9. The number of rotatable bonds is 5. The summed E-state index contributed by atoms with van der Waals surface area (Å²) in [5.74, 6) is 0. The molecule has 4 N–H and O–H groups in total. The summed E-state index contributed by atoms with van der Waals surface area (Å²) >= 11 is 0. The molecular formula is C19H29N3O3. The minimum absolute atomic E-state index is 0.0358. The molecule has 1 saturated heterocycles. The zero-order valence-electron chi connectivity index (χ0n) is 14.9. The molecule has 1 aromatic carbocycles. The molecule has 1 heterocycles. The number of benzene rings is 1. The second kappa shape index (κ2) is 7.72. The van der Waals surface area contributed by atoms with Gasteiger partial charge in [0.15, 0.2) is 0 Å². The van der Waals surface area contributed by atoms with Crippen molar-refractivity contribution in [2.24, 2.45) is 11.1 Å². The summed E-state index contributed by atoms with van der Waals surface area (Å²) in [5.41, 5.74) is 7.63. The number of aliphatic hydroxyl groups is 1. The first-order chi connectivity index (χ1) is 12.1. The highest BCUT2D eigenvalue weighted by Crippen LogP contribution is 2.50. The number of aryl methyl sites for hydroxylation is 1. The molecule has 0 unspecified atom stereocenters. The van der Waals surface area contributed by atoms with Crippen LogP contribution in [0.3, 0.4) is 0 Å². The molecule has 0 bridgehead atoms. The molecule has 1 aromatic rings. The Bertz CT molecular complexity index is 599. The van der Waals surface area contributed by atoms with Gasteiger partial charge in [-0.25, -0.2) is 4.79 Å². The lowest BCUT2D eigenvalue weighted by molar-refractivity contribution is -0.207. The molecule has 6 heteroatoms. The summed E-state index contributed by atoms with van der Waals surface area (Å²) in [5, 5.41) is 13.3. The van der Waals surface area contributed by atoms with Crippen molar-refractivity contribution in [3.05, 3.63) is 35.4 Å². The highest BCUT2D eigenvalue weighted by Gasteiger charge is 2.56. The number of nitrogens with zero attached hydrogens (tertiary/aromatic N) is 1. The molecule has 2 atom stereocenters. The van der Waals surface area contributed by atoms with Crippen molar-refractivity contribution < 1.29 is 14.6 Å². The molecule has 138 valence electrons. The van der Waals surface area contributed by atoms with Gasteiger partial charge in [0.1, 0.15) is 0 Å². The number of aliphatic hydroxyl groups excluding tert-OH is 1. The van der Waals surface area contributed by atoms with Crippen LogP contribution < -0.4 is 11.1 Å². The summed E-state index contributed by atoms with van der Waals surface area (Å²) in [6.07, 6.45) is 1.98. The summed E-state index contributed by atoms with van der Waals surface area (Å²) in [4.78, 5) is 14.3. The smallest absolute Gasteiger partial charge is 0.317 e. The Labute approximate surface area is 149 Å². The minimum Gasteiger partial charge on any atom is -0.392 e. The molecule has 2 fully saturated rings. The number of nitrogens with two attached hydrogens (primary N) is 1. The molecule has 0 aromatic heterocycles. The molecule has 1 aliphatic heterocycles. The number of carbonyl (C=O) groups excluding carboxylic acids is 1. The normalized spacial score (nSPS) is 24.8. The summed E-state index contributed by atoms with van der Waals surface area (Å²) < 4.78 is 5.80. The lowest BCUT2D eigenvalue weighted by Crippen LogP contribution is -2.63. The lowest BCUT2D eigenvalue weighted by Gasteiger charge is -2.56. The van der Waals surface area contributed by atoms with Crippen LogP contribution in [0.5, 0.6) is 0 Å². The van der Waals surface area contributed by atoms with Gasteiger partial charge < -0.3 is 25.8 Å². The first kappa shape index (κ1) is 18.2. The van der Waals surface area contributed by atoms with Crippen LogP contribution in [-0.2, 0) is 11.3 Å². The van der Waals surface area contributed by atoms with E-state index in [4.69, 9.17) is 10.5 Å². The number of likely N-dealkylation sites (tertiary alicyclic amines) is 1. The standard InChI is InChI=1S/C19H29N3O3/c1-14-4-2-3-5-15(14)13-21-18(24)22-9-6-19(7-10-22)16(23)12-17(19)25-11-8-20/h2-5,16-17,23H,6-13,20H2,1H3,(H,21,24)/t16-,17+/m1/s1. The number of ether oxygens (including phenoxy) is 1. The molecule has 6 nitrogen and oxygen atoms in total. The Morgan fingerprint density at radius 3 is 2.76 bits per heavy atom. The van der Waals surface area contributed by atoms with Crippen LogP contribution in [0.4, 0.5) is 4.79 Å². The maximum atomic E-state index is 12.4. The van der Waals surface area contributed by atoms with Crippen LogP contribution in [0.25, 0.3) is 0 Å². The topological polar surface area (TPSA) is 87.8 Å². The monoisotopic (exact) mass is 347 g/mol. The maximum Gasteiger partial charge on any atom is 0.317 e. The summed E-state index contributed by atoms with van der Waals surface area (Å²) in [7, 11) is 0. The Morgan fingerprint density at radius 1 is 1.40 bits per heavy atom. The minimum atomic E-state index is -0.326. The fourth-order valence-corrected chi connectivity index (χ4v) is 4.04. The van der Waals surface area contributed by atoms with E-state index >= 15 is 0 Å². The predicted octanol–water partition coefficient (Wildman–Crippen LogP) is 1.40. The van der Waals surface area contributed by atoms with E-state index in [1.165, 1.54) is 5.56 Å². The number of carbonyl (C=O) groups is 1. The number of hydrogen-bond acceptors (Lipinski definition) is 4. The van der Waals surface area contributed by atoms with Crippen LogP contribution in [0.1, 0.15) is 30.4 Å². The fraction of sp³-hybridized carbons (Fsp3) is 0.632. The first-order valence-electron chi connectivity index (χ1n) is 9.14. The number of piperidine rings is 1. The molecule has 0 radical (unpaired) electrons. The van der Waals surface area contributed by atoms with Crippen molar-refractivity contribution in [2.75, 3.05) is 26.2 Å². The average Bonchev–Trinajstić information content (AvgIpc) is 2.64. The van der Waals surface area contributed by atoms with E-state index in [0.29, 0.717) is 39.2 Å². The Kier molecular flexibility index (Phi) is 5.61. The largest absolute Gasteiger partial charge is 0.392 e. The number of hydrogen-bond donors (Lipinski definition) is 3. The van der Waals surface area contributed by atoms with Gasteiger partial charge in [-0.15, -0.1) is 0 Å². The molecule has 25 heavy (non-hydrogen) atoms. The van der Waals surface area contributed by atoms with Crippen LogP contribution in [-0.4, -0.2) is 54.5 Å². The van der Waals surface area contributed by atoms with Gasteiger partial charge in [-0.2, -0.15) is 0 Å². The van der Waals surface area contributed by atoms with Gasteiger partial charge in [0.2, 0.25) is 0 Å². The summed E-state index contributed by atoms with van der Waals surface area (Å²) in [6.45, 7) is 4.91. The zero-order valence-corrected chi connectivity index (χ0v) is 14.9. The molecule has 3 rings (SSSR count). The van der Waals surface area contributed by atoms with Gasteiger partial charge >= 0.3 is 6.03 Å².